The standard InChI is InChI=1S/C20H17Cl2NO2/c1-2-18(20(24)23-17-11-10-14(21)12-16(17)22)25-19-9-5-7-13-6-3-4-8-15(13)19/h3-12,18H,2H2,1H3,(H,23,24)/t18-/m1/s1. The number of ether oxygens (including phenoxy) is 1. The van der Waals surface area contributed by atoms with Gasteiger partial charge in [-0.2, -0.15) is 0 Å². The van der Waals surface area contributed by atoms with E-state index in [0.717, 1.165) is 10.8 Å². The third-order valence-electron chi connectivity index (χ3n) is 3.87. The second kappa shape index (κ2) is 7.77. The number of fused-ring (bicyclic) bond motifs is 1. The molecule has 0 aliphatic heterocycles. The van der Waals surface area contributed by atoms with Crippen LogP contribution >= 0.6 is 23.2 Å². The molecule has 0 aromatic heterocycles. The Morgan fingerprint density at radius 3 is 2.60 bits per heavy atom. The molecule has 0 spiro atoms. The summed E-state index contributed by atoms with van der Waals surface area (Å²) in [6, 6.07) is 18.6. The van der Waals surface area contributed by atoms with Gasteiger partial charge in [0.05, 0.1) is 10.7 Å². The molecule has 3 aromatic rings. The second-order valence-electron chi connectivity index (χ2n) is 5.61. The lowest BCUT2D eigenvalue weighted by atomic mass is 10.1. The molecule has 3 aromatic carbocycles. The van der Waals surface area contributed by atoms with Crippen LogP contribution in [0.25, 0.3) is 10.8 Å². The molecule has 3 nitrogen and oxygen atoms in total. The van der Waals surface area contributed by atoms with E-state index in [9.17, 15) is 4.79 Å². The number of nitrogens with one attached hydrogen (secondary N) is 1. The third kappa shape index (κ3) is 4.06. The Bertz CT molecular complexity index is 906. The highest BCUT2D eigenvalue weighted by Gasteiger charge is 2.20. The van der Waals surface area contributed by atoms with Gasteiger partial charge < -0.3 is 10.1 Å². The van der Waals surface area contributed by atoms with E-state index < -0.39 is 6.10 Å². The van der Waals surface area contributed by atoms with E-state index in [0.29, 0.717) is 27.9 Å². The third-order valence-corrected chi connectivity index (χ3v) is 4.42. The summed E-state index contributed by atoms with van der Waals surface area (Å²) in [5.41, 5.74) is 0.510. The van der Waals surface area contributed by atoms with E-state index in [4.69, 9.17) is 27.9 Å². The SMILES string of the molecule is CC[C@@H](Oc1cccc2ccccc12)C(=O)Nc1ccc(Cl)cc1Cl. The summed E-state index contributed by atoms with van der Waals surface area (Å²) in [4.78, 5) is 12.6. The lowest BCUT2D eigenvalue weighted by molar-refractivity contribution is -0.122. The monoisotopic (exact) mass is 373 g/mol. The molecular formula is C20H17Cl2NO2. The first-order chi connectivity index (χ1) is 12.1. The first-order valence-corrected chi connectivity index (χ1v) is 8.74. The summed E-state index contributed by atoms with van der Waals surface area (Å²) < 4.78 is 5.99. The number of hydrogen-bond acceptors (Lipinski definition) is 2. The molecule has 0 aliphatic rings. The molecule has 0 radical (unpaired) electrons. The van der Waals surface area contributed by atoms with Crippen molar-refractivity contribution in [2.45, 2.75) is 19.4 Å². The van der Waals surface area contributed by atoms with Crippen LogP contribution in [0.4, 0.5) is 5.69 Å². The van der Waals surface area contributed by atoms with Crippen molar-refractivity contribution in [1.82, 2.24) is 0 Å². The van der Waals surface area contributed by atoms with Gasteiger partial charge in [-0.3, -0.25) is 4.79 Å². The number of hydrogen-bond donors (Lipinski definition) is 1. The molecule has 1 amide bonds. The quantitative estimate of drug-likeness (QED) is 0.600. The van der Waals surface area contributed by atoms with Gasteiger partial charge in [-0.25, -0.2) is 0 Å². The largest absolute Gasteiger partial charge is 0.480 e. The summed E-state index contributed by atoms with van der Waals surface area (Å²) in [7, 11) is 0. The number of carbonyl (C=O) groups is 1. The fourth-order valence-corrected chi connectivity index (χ4v) is 3.03. The number of rotatable bonds is 5. The van der Waals surface area contributed by atoms with Crippen LogP contribution in [0.3, 0.4) is 0 Å². The molecule has 0 heterocycles. The Morgan fingerprint density at radius 1 is 1.08 bits per heavy atom. The van der Waals surface area contributed by atoms with Gasteiger partial charge in [0.15, 0.2) is 6.10 Å². The van der Waals surface area contributed by atoms with Crippen molar-refractivity contribution in [1.29, 1.82) is 0 Å². The van der Waals surface area contributed by atoms with Crippen molar-refractivity contribution >= 4 is 45.6 Å². The molecule has 0 aliphatic carbocycles. The highest BCUT2D eigenvalue weighted by atomic mass is 35.5. The molecular weight excluding hydrogens is 357 g/mol. The van der Waals surface area contributed by atoms with Crippen molar-refractivity contribution in [3.05, 3.63) is 70.7 Å². The summed E-state index contributed by atoms with van der Waals surface area (Å²) in [5.74, 6) is 0.432. The lowest BCUT2D eigenvalue weighted by Crippen LogP contribution is -2.32. The summed E-state index contributed by atoms with van der Waals surface area (Å²) in [6.07, 6.45) is -0.0992. The molecule has 3 rings (SSSR count). The lowest BCUT2D eigenvalue weighted by Gasteiger charge is -2.19. The van der Waals surface area contributed by atoms with E-state index in [1.54, 1.807) is 18.2 Å². The van der Waals surface area contributed by atoms with Crippen molar-refractivity contribution in [2.24, 2.45) is 0 Å². The maximum Gasteiger partial charge on any atom is 0.265 e. The fraction of sp³-hybridized carbons (Fsp3) is 0.150. The highest BCUT2D eigenvalue weighted by Crippen LogP contribution is 2.28. The van der Waals surface area contributed by atoms with Gasteiger partial charge in [0.2, 0.25) is 0 Å². The van der Waals surface area contributed by atoms with Gasteiger partial charge in [-0.05, 0) is 36.1 Å². The predicted octanol–water partition coefficient (Wildman–Crippen LogP) is 5.94. The molecule has 0 saturated heterocycles. The van der Waals surface area contributed by atoms with Crippen LogP contribution in [-0.4, -0.2) is 12.0 Å². The first kappa shape index (κ1) is 17.6. The van der Waals surface area contributed by atoms with Crippen molar-refractivity contribution in [3.8, 4) is 5.75 Å². The molecule has 25 heavy (non-hydrogen) atoms. The zero-order valence-electron chi connectivity index (χ0n) is 13.6. The number of benzene rings is 3. The van der Waals surface area contributed by atoms with Gasteiger partial charge >= 0.3 is 0 Å². The van der Waals surface area contributed by atoms with E-state index in [1.807, 2.05) is 49.4 Å². The molecule has 0 unspecified atom stereocenters. The van der Waals surface area contributed by atoms with E-state index in [-0.39, 0.29) is 5.91 Å². The van der Waals surface area contributed by atoms with E-state index in [2.05, 4.69) is 5.32 Å². The Morgan fingerprint density at radius 2 is 1.84 bits per heavy atom. The van der Waals surface area contributed by atoms with Crippen LogP contribution in [0.2, 0.25) is 10.0 Å². The minimum Gasteiger partial charge on any atom is -0.480 e. The molecule has 0 fully saturated rings. The van der Waals surface area contributed by atoms with Crippen LogP contribution in [0, 0.1) is 0 Å². The van der Waals surface area contributed by atoms with Crippen LogP contribution in [-0.2, 0) is 4.79 Å². The van der Waals surface area contributed by atoms with Gasteiger partial charge in [-0.1, -0.05) is 66.5 Å². The normalized spacial score (nSPS) is 12.0. The number of carbonyl (C=O) groups excluding carboxylic acids is 1. The Hall–Kier alpha value is -2.23. The smallest absolute Gasteiger partial charge is 0.265 e. The average Bonchev–Trinajstić information content (AvgIpc) is 2.62. The first-order valence-electron chi connectivity index (χ1n) is 7.99. The Labute approximate surface area is 156 Å². The summed E-state index contributed by atoms with van der Waals surface area (Å²) in [6.45, 7) is 1.90. The zero-order chi connectivity index (χ0) is 17.8. The van der Waals surface area contributed by atoms with Crippen molar-refractivity contribution in [2.75, 3.05) is 5.32 Å². The van der Waals surface area contributed by atoms with Crippen molar-refractivity contribution in [3.63, 3.8) is 0 Å². The van der Waals surface area contributed by atoms with Gasteiger partial charge in [-0.15, -0.1) is 0 Å². The minimum atomic E-state index is -0.627. The Kier molecular flexibility index (Phi) is 5.47. The van der Waals surface area contributed by atoms with E-state index in [1.165, 1.54) is 0 Å². The van der Waals surface area contributed by atoms with Crippen LogP contribution in [0.1, 0.15) is 13.3 Å². The topological polar surface area (TPSA) is 38.3 Å². The average molecular weight is 374 g/mol. The number of halogens is 2. The van der Waals surface area contributed by atoms with Crippen LogP contribution in [0.5, 0.6) is 5.75 Å². The molecule has 128 valence electrons. The molecule has 1 atom stereocenters. The maximum atomic E-state index is 12.6. The number of anilines is 1. The molecule has 5 heteroatoms. The fourth-order valence-electron chi connectivity index (χ4n) is 2.58. The summed E-state index contributed by atoms with van der Waals surface area (Å²) in [5, 5.41) is 5.75. The van der Waals surface area contributed by atoms with Gasteiger partial charge in [0.1, 0.15) is 5.75 Å². The van der Waals surface area contributed by atoms with Crippen molar-refractivity contribution < 1.29 is 9.53 Å². The van der Waals surface area contributed by atoms with Gasteiger partial charge in [0, 0.05) is 10.4 Å². The van der Waals surface area contributed by atoms with Crippen LogP contribution in [0.15, 0.2) is 60.7 Å². The minimum absolute atomic E-state index is 0.250. The predicted molar refractivity (Wildman–Crippen MR) is 104 cm³/mol. The second-order valence-corrected chi connectivity index (χ2v) is 6.45. The molecule has 0 saturated carbocycles. The Balaban J connectivity index is 1.80. The highest BCUT2D eigenvalue weighted by molar-refractivity contribution is 6.36. The van der Waals surface area contributed by atoms with E-state index >= 15 is 0 Å². The summed E-state index contributed by atoms with van der Waals surface area (Å²) >= 11 is 12.0. The number of amides is 1. The van der Waals surface area contributed by atoms with Crippen LogP contribution < -0.4 is 10.1 Å². The zero-order valence-corrected chi connectivity index (χ0v) is 15.1. The molecule has 1 N–H and O–H groups in total. The maximum absolute atomic E-state index is 12.6. The van der Waals surface area contributed by atoms with Gasteiger partial charge in [0.25, 0.3) is 5.91 Å². The molecule has 0 bridgehead atoms.